The zero-order valence-electron chi connectivity index (χ0n) is 11.6. The number of hydrogen-bond donors (Lipinski definition) is 2. The van der Waals surface area contributed by atoms with Crippen LogP contribution in [0.1, 0.15) is 29.9 Å². The van der Waals surface area contributed by atoms with E-state index in [9.17, 15) is 4.79 Å². The molecule has 1 aromatic heterocycles. The number of benzene rings is 1. The van der Waals surface area contributed by atoms with Crippen molar-refractivity contribution in [3.8, 4) is 5.75 Å². The van der Waals surface area contributed by atoms with E-state index in [4.69, 9.17) is 10.5 Å². The number of anilines is 2. The summed E-state index contributed by atoms with van der Waals surface area (Å²) in [6.45, 7) is 5.85. The van der Waals surface area contributed by atoms with Gasteiger partial charge in [-0.1, -0.05) is 0 Å². The van der Waals surface area contributed by atoms with E-state index in [1.165, 1.54) is 11.3 Å². The van der Waals surface area contributed by atoms with Crippen molar-refractivity contribution in [2.45, 2.75) is 26.9 Å². The molecule has 2 rings (SSSR count). The second-order valence-corrected chi connectivity index (χ2v) is 5.56. The number of nitrogens with one attached hydrogen (secondary N) is 1. The number of aromatic nitrogens is 1. The molecule has 0 bridgehead atoms. The molecule has 1 aromatic carbocycles. The average molecular weight is 291 g/mol. The maximum atomic E-state index is 12.0. The first-order valence-corrected chi connectivity index (χ1v) is 7.13. The number of aryl methyl sites for hydroxylation is 1. The lowest BCUT2D eigenvalue weighted by Crippen LogP contribution is -2.13. The Labute approximate surface area is 121 Å². The standard InChI is InChI=1S/C14H17N3O2S/c1-8(2)19-10-4-5-11(9(3)6-10)16-13(18)12-7-20-14(15)17-12/h4-8H,1-3H3,(H2,15,17)(H,16,18). The van der Waals surface area contributed by atoms with E-state index in [1.54, 1.807) is 5.38 Å². The third-order valence-electron chi connectivity index (χ3n) is 2.57. The monoisotopic (exact) mass is 291 g/mol. The van der Waals surface area contributed by atoms with Gasteiger partial charge in [0.2, 0.25) is 0 Å². The van der Waals surface area contributed by atoms with E-state index in [0.29, 0.717) is 10.8 Å². The Balaban J connectivity index is 2.11. The zero-order valence-corrected chi connectivity index (χ0v) is 12.5. The van der Waals surface area contributed by atoms with Crippen LogP contribution in [0.2, 0.25) is 0 Å². The highest BCUT2D eigenvalue weighted by molar-refractivity contribution is 7.13. The smallest absolute Gasteiger partial charge is 0.275 e. The highest BCUT2D eigenvalue weighted by Gasteiger charge is 2.11. The maximum absolute atomic E-state index is 12.0. The van der Waals surface area contributed by atoms with Crippen molar-refractivity contribution in [2.75, 3.05) is 11.1 Å². The molecule has 1 amide bonds. The summed E-state index contributed by atoms with van der Waals surface area (Å²) in [5, 5.41) is 4.83. The van der Waals surface area contributed by atoms with Gasteiger partial charge < -0.3 is 15.8 Å². The summed E-state index contributed by atoms with van der Waals surface area (Å²) < 4.78 is 5.60. The number of rotatable bonds is 4. The first-order valence-electron chi connectivity index (χ1n) is 6.25. The third kappa shape index (κ3) is 3.48. The first-order chi connectivity index (χ1) is 9.45. The number of ether oxygens (including phenoxy) is 1. The molecule has 2 aromatic rings. The molecule has 3 N–H and O–H groups in total. The van der Waals surface area contributed by atoms with Crippen LogP contribution >= 0.6 is 11.3 Å². The quantitative estimate of drug-likeness (QED) is 0.907. The normalized spacial score (nSPS) is 10.6. The van der Waals surface area contributed by atoms with Crippen molar-refractivity contribution in [1.82, 2.24) is 4.98 Å². The summed E-state index contributed by atoms with van der Waals surface area (Å²) in [5.41, 5.74) is 7.51. The van der Waals surface area contributed by atoms with Crippen molar-refractivity contribution >= 4 is 28.1 Å². The highest BCUT2D eigenvalue weighted by Crippen LogP contribution is 2.23. The summed E-state index contributed by atoms with van der Waals surface area (Å²) in [6, 6.07) is 5.55. The van der Waals surface area contributed by atoms with Crippen LogP contribution in [-0.2, 0) is 0 Å². The van der Waals surface area contributed by atoms with Gasteiger partial charge in [-0.25, -0.2) is 4.98 Å². The number of thiazole rings is 1. The van der Waals surface area contributed by atoms with E-state index < -0.39 is 0 Å². The Hall–Kier alpha value is -2.08. The van der Waals surface area contributed by atoms with Gasteiger partial charge in [0.1, 0.15) is 11.4 Å². The molecule has 0 aliphatic heterocycles. The van der Waals surface area contributed by atoms with E-state index in [1.807, 2.05) is 39.0 Å². The summed E-state index contributed by atoms with van der Waals surface area (Å²) >= 11 is 1.24. The molecule has 1 heterocycles. The van der Waals surface area contributed by atoms with Crippen LogP contribution in [0.15, 0.2) is 23.6 Å². The fourth-order valence-electron chi connectivity index (χ4n) is 1.70. The van der Waals surface area contributed by atoms with Crippen LogP contribution in [0.5, 0.6) is 5.75 Å². The lowest BCUT2D eigenvalue weighted by molar-refractivity contribution is 0.102. The second-order valence-electron chi connectivity index (χ2n) is 4.67. The minimum atomic E-state index is -0.265. The Bertz CT molecular complexity index is 623. The summed E-state index contributed by atoms with van der Waals surface area (Å²) in [4.78, 5) is 15.9. The van der Waals surface area contributed by atoms with Gasteiger partial charge in [-0.05, 0) is 44.5 Å². The van der Waals surface area contributed by atoms with Gasteiger partial charge in [0.25, 0.3) is 5.91 Å². The van der Waals surface area contributed by atoms with Gasteiger partial charge in [-0.15, -0.1) is 11.3 Å². The average Bonchev–Trinajstić information content (AvgIpc) is 2.78. The molecule has 0 radical (unpaired) electrons. The van der Waals surface area contributed by atoms with Crippen LogP contribution in [0.4, 0.5) is 10.8 Å². The predicted molar refractivity (Wildman–Crippen MR) is 81.4 cm³/mol. The van der Waals surface area contributed by atoms with E-state index in [2.05, 4.69) is 10.3 Å². The largest absolute Gasteiger partial charge is 0.491 e. The Morgan fingerprint density at radius 2 is 2.20 bits per heavy atom. The molecule has 6 heteroatoms. The number of carbonyl (C=O) groups excluding carboxylic acids is 1. The molecule has 0 saturated carbocycles. The Morgan fingerprint density at radius 3 is 2.75 bits per heavy atom. The third-order valence-corrected chi connectivity index (χ3v) is 3.25. The Morgan fingerprint density at radius 1 is 1.45 bits per heavy atom. The number of nitrogens with two attached hydrogens (primary N) is 1. The number of amides is 1. The topological polar surface area (TPSA) is 77.2 Å². The molecule has 0 fully saturated rings. The summed E-state index contributed by atoms with van der Waals surface area (Å²) in [6.07, 6.45) is 0.118. The lowest BCUT2D eigenvalue weighted by atomic mass is 10.2. The summed E-state index contributed by atoms with van der Waals surface area (Å²) in [5.74, 6) is 0.520. The molecule has 0 aliphatic carbocycles. The van der Waals surface area contributed by atoms with Gasteiger partial charge >= 0.3 is 0 Å². The minimum absolute atomic E-state index is 0.118. The molecule has 0 unspecified atom stereocenters. The fourth-order valence-corrected chi connectivity index (χ4v) is 2.24. The Kier molecular flexibility index (Phi) is 4.24. The number of hydrogen-bond acceptors (Lipinski definition) is 5. The SMILES string of the molecule is Cc1cc(OC(C)C)ccc1NC(=O)c1csc(N)n1. The van der Waals surface area contributed by atoms with Crippen molar-refractivity contribution < 1.29 is 9.53 Å². The van der Waals surface area contributed by atoms with Gasteiger partial charge in [-0.2, -0.15) is 0 Å². The molecule has 0 saturated heterocycles. The molecule has 5 nitrogen and oxygen atoms in total. The van der Waals surface area contributed by atoms with Crippen LogP contribution in [0, 0.1) is 6.92 Å². The van der Waals surface area contributed by atoms with Crippen molar-refractivity contribution in [1.29, 1.82) is 0 Å². The second kappa shape index (κ2) is 5.92. The molecule has 106 valence electrons. The minimum Gasteiger partial charge on any atom is -0.491 e. The van der Waals surface area contributed by atoms with Crippen LogP contribution in [0.3, 0.4) is 0 Å². The zero-order chi connectivity index (χ0) is 14.7. The molecule has 20 heavy (non-hydrogen) atoms. The van der Waals surface area contributed by atoms with E-state index in [0.717, 1.165) is 17.0 Å². The van der Waals surface area contributed by atoms with Crippen molar-refractivity contribution in [3.05, 3.63) is 34.8 Å². The highest BCUT2D eigenvalue weighted by atomic mass is 32.1. The van der Waals surface area contributed by atoms with Crippen LogP contribution in [0.25, 0.3) is 0 Å². The fraction of sp³-hybridized carbons (Fsp3) is 0.286. The molecular formula is C14H17N3O2S. The van der Waals surface area contributed by atoms with Crippen LogP contribution in [-0.4, -0.2) is 17.0 Å². The van der Waals surface area contributed by atoms with Crippen molar-refractivity contribution in [2.24, 2.45) is 0 Å². The lowest BCUT2D eigenvalue weighted by Gasteiger charge is -2.12. The van der Waals surface area contributed by atoms with E-state index >= 15 is 0 Å². The van der Waals surface area contributed by atoms with Crippen LogP contribution < -0.4 is 15.8 Å². The number of nitrogens with zero attached hydrogens (tertiary/aromatic N) is 1. The molecule has 0 aliphatic rings. The van der Waals surface area contributed by atoms with Gasteiger partial charge in [0.05, 0.1) is 6.10 Å². The molecule has 0 spiro atoms. The maximum Gasteiger partial charge on any atom is 0.275 e. The van der Waals surface area contributed by atoms with Gasteiger partial charge in [0, 0.05) is 11.1 Å². The summed E-state index contributed by atoms with van der Waals surface area (Å²) in [7, 11) is 0. The van der Waals surface area contributed by atoms with Gasteiger partial charge in [0.15, 0.2) is 5.13 Å². The first kappa shape index (κ1) is 14.3. The number of carbonyl (C=O) groups is 1. The number of nitrogen functional groups attached to an aromatic ring is 1. The van der Waals surface area contributed by atoms with Crippen molar-refractivity contribution in [3.63, 3.8) is 0 Å². The molecular weight excluding hydrogens is 274 g/mol. The predicted octanol–water partition coefficient (Wildman–Crippen LogP) is 3.07. The van der Waals surface area contributed by atoms with Gasteiger partial charge in [-0.3, -0.25) is 4.79 Å². The molecule has 0 atom stereocenters. The van der Waals surface area contributed by atoms with E-state index in [-0.39, 0.29) is 12.0 Å².